The molecule has 0 radical (unpaired) electrons. The molecule has 0 aromatic heterocycles. The second-order valence-corrected chi connectivity index (χ2v) is 7.43. The number of nitrogens with zero attached hydrogens (tertiary/aromatic N) is 1. The van der Waals surface area contributed by atoms with Crippen molar-refractivity contribution in [3.8, 4) is 0 Å². The smallest absolute Gasteiger partial charge is 0.264 e. The first-order valence-electron chi connectivity index (χ1n) is 6.35. The van der Waals surface area contributed by atoms with Gasteiger partial charge in [-0.15, -0.1) is 0 Å². The molecule has 20 heavy (non-hydrogen) atoms. The van der Waals surface area contributed by atoms with Gasteiger partial charge in [0.2, 0.25) is 0 Å². The van der Waals surface area contributed by atoms with E-state index in [1.165, 1.54) is 13.0 Å². The van der Waals surface area contributed by atoms with Gasteiger partial charge in [-0.1, -0.05) is 0 Å². The summed E-state index contributed by atoms with van der Waals surface area (Å²) < 4.78 is 36.5. The Balaban J connectivity index is 2.42. The molecule has 1 heterocycles. The number of amides is 1. The van der Waals surface area contributed by atoms with Crippen LogP contribution in [0.3, 0.4) is 0 Å². The first-order chi connectivity index (χ1) is 9.30. The molecule has 1 fully saturated rings. The maximum Gasteiger partial charge on any atom is 0.264 e. The fraction of sp³-hybridized carbons (Fsp3) is 0.462. The van der Waals surface area contributed by atoms with Crippen molar-refractivity contribution in [1.29, 1.82) is 0 Å². The Kier molecular flexibility index (Phi) is 4.34. The highest BCUT2D eigenvalue weighted by molar-refractivity contribution is 8.13. The summed E-state index contributed by atoms with van der Waals surface area (Å²) in [5.74, 6) is -1.19. The van der Waals surface area contributed by atoms with Gasteiger partial charge in [-0.05, 0) is 43.9 Å². The van der Waals surface area contributed by atoms with E-state index in [9.17, 15) is 17.6 Å². The fourth-order valence-electron chi connectivity index (χ4n) is 2.32. The van der Waals surface area contributed by atoms with E-state index in [2.05, 4.69) is 0 Å². The van der Waals surface area contributed by atoms with Crippen molar-refractivity contribution in [2.75, 3.05) is 13.1 Å². The lowest BCUT2D eigenvalue weighted by Gasteiger charge is -2.27. The third-order valence-corrected chi connectivity index (χ3v) is 4.70. The molecule has 4 nitrogen and oxygen atoms in total. The Labute approximate surface area is 121 Å². The average molecular weight is 320 g/mol. The molecule has 110 valence electrons. The van der Waals surface area contributed by atoms with Crippen molar-refractivity contribution in [3.63, 3.8) is 0 Å². The molecule has 0 unspecified atom stereocenters. The lowest BCUT2D eigenvalue weighted by molar-refractivity contribution is 0.0724. The summed E-state index contributed by atoms with van der Waals surface area (Å²) in [6, 6.07) is 2.37. The van der Waals surface area contributed by atoms with Gasteiger partial charge in [0.1, 0.15) is 10.7 Å². The highest BCUT2D eigenvalue weighted by Gasteiger charge is 2.24. The topological polar surface area (TPSA) is 54.5 Å². The summed E-state index contributed by atoms with van der Waals surface area (Å²) in [5, 5.41) is 0. The summed E-state index contributed by atoms with van der Waals surface area (Å²) in [7, 11) is 0.989. The van der Waals surface area contributed by atoms with E-state index in [1.54, 1.807) is 4.90 Å². The average Bonchev–Trinajstić information content (AvgIpc) is 2.40. The summed E-state index contributed by atoms with van der Waals surface area (Å²) in [6.45, 7) is 2.68. The maximum absolute atomic E-state index is 13.8. The molecule has 1 aromatic carbocycles. The number of hydrogen-bond acceptors (Lipinski definition) is 3. The first-order valence-corrected chi connectivity index (χ1v) is 8.65. The molecule has 2 rings (SSSR count). The van der Waals surface area contributed by atoms with Crippen LogP contribution in [-0.4, -0.2) is 32.3 Å². The van der Waals surface area contributed by atoms with Gasteiger partial charge in [0.15, 0.2) is 0 Å². The number of likely N-dealkylation sites (tertiary alicyclic amines) is 1. The molecule has 0 N–H and O–H groups in total. The molecule has 1 saturated heterocycles. The molecule has 0 atom stereocenters. The number of benzene rings is 1. The van der Waals surface area contributed by atoms with Crippen LogP contribution < -0.4 is 0 Å². The second-order valence-electron chi connectivity index (χ2n) is 4.90. The Hall–Kier alpha value is -1.14. The molecule has 7 heteroatoms. The summed E-state index contributed by atoms with van der Waals surface area (Å²) in [5.41, 5.74) is 0.247. The Bertz CT molecular complexity index is 639. The van der Waals surface area contributed by atoms with E-state index in [0.717, 1.165) is 25.3 Å². The predicted molar refractivity (Wildman–Crippen MR) is 73.9 cm³/mol. The summed E-state index contributed by atoms with van der Waals surface area (Å²) in [4.78, 5) is 13.3. The normalized spacial score (nSPS) is 16.2. The number of hydrogen-bond donors (Lipinski definition) is 0. The lowest BCUT2D eigenvalue weighted by Crippen LogP contribution is -2.35. The number of halogens is 2. The van der Waals surface area contributed by atoms with Crippen molar-refractivity contribution < 1.29 is 17.6 Å². The number of carbonyl (C=O) groups is 1. The number of rotatable bonds is 2. The van der Waals surface area contributed by atoms with E-state index in [0.29, 0.717) is 13.1 Å². The standard InChI is InChI=1S/C13H15ClFNO3S/c1-9-7-10(8-11(12(9)15)20(14,18)19)13(17)16-5-3-2-4-6-16/h7-8H,2-6H2,1H3. The van der Waals surface area contributed by atoms with Gasteiger partial charge in [-0.2, -0.15) is 0 Å². The Morgan fingerprint density at radius 2 is 1.85 bits per heavy atom. The van der Waals surface area contributed by atoms with Crippen LogP contribution in [0.5, 0.6) is 0 Å². The van der Waals surface area contributed by atoms with Crippen LogP contribution in [0.25, 0.3) is 0 Å². The monoisotopic (exact) mass is 319 g/mol. The van der Waals surface area contributed by atoms with E-state index in [-0.39, 0.29) is 17.0 Å². The van der Waals surface area contributed by atoms with Crippen LogP contribution in [0.2, 0.25) is 0 Å². The van der Waals surface area contributed by atoms with E-state index >= 15 is 0 Å². The minimum atomic E-state index is -4.22. The van der Waals surface area contributed by atoms with Crippen LogP contribution >= 0.6 is 10.7 Å². The van der Waals surface area contributed by atoms with Crippen LogP contribution in [0.15, 0.2) is 17.0 Å². The molecule has 1 aliphatic rings. The van der Waals surface area contributed by atoms with Crippen LogP contribution in [0, 0.1) is 12.7 Å². The molecule has 0 aliphatic carbocycles. The minimum absolute atomic E-state index is 0.0899. The van der Waals surface area contributed by atoms with Gasteiger partial charge in [-0.25, -0.2) is 12.8 Å². The Morgan fingerprint density at radius 1 is 1.25 bits per heavy atom. The van der Waals surface area contributed by atoms with Gasteiger partial charge in [0.25, 0.3) is 15.0 Å². The van der Waals surface area contributed by atoms with Crippen LogP contribution in [0.4, 0.5) is 4.39 Å². The highest BCUT2D eigenvalue weighted by Crippen LogP contribution is 2.25. The van der Waals surface area contributed by atoms with Gasteiger partial charge < -0.3 is 4.90 Å². The molecular formula is C13H15ClFNO3S. The van der Waals surface area contributed by atoms with Gasteiger partial charge in [0, 0.05) is 29.3 Å². The van der Waals surface area contributed by atoms with Crippen molar-refractivity contribution >= 4 is 25.6 Å². The van der Waals surface area contributed by atoms with Crippen molar-refractivity contribution in [1.82, 2.24) is 4.90 Å². The SMILES string of the molecule is Cc1cc(C(=O)N2CCCCC2)cc(S(=O)(=O)Cl)c1F. The molecule has 1 amide bonds. The predicted octanol–water partition coefficient (Wildman–Crippen LogP) is 2.69. The van der Waals surface area contributed by atoms with Gasteiger partial charge >= 0.3 is 0 Å². The van der Waals surface area contributed by atoms with E-state index in [1.807, 2.05) is 0 Å². The largest absolute Gasteiger partial charge is 0.339 e. The molecule has 1 aromatic rings. The lowest BCUT2D eigenvalue weighted by atomic mass is 10.1. The fourth-order valence-corrected chi connectivity index (χ4v) is 3.30. The summed E-state index contributed by atoms with van der Waals surface area (Å²) >= 11 is 0. The molecule has 0 spiro atoms. The third kappa shape index (κ3) is 3.12. The Morgan fingerprint density at radius 3 is 2.40 bits per heavy atom. The van der Waals surface area contributed by atoms with Crippen molar-refractivity contribution in [3.05, 3.63) is 29.1 Å². The number of piperidine rings is 1. The first kappa shape index (κ1) is 15.3. The van der Waals surface area contributed by atoms with Crippen LogP contribution in [-0.2, 0) is 9.05 Å². The van der Waals surface area contributed by atoms with Crippen LogP contribution in [0.1, 0.15) is 35.2 Å². The van der Waals surface area contributed by atoms with Crippen molar-refractivity contribution in [2.45, 2.75) is 31.1 Å². The highest BCUT2D eigenvalue weighted by atomic mass is 35.7. The quantitative estimate of drug-likeness (QED) is 0.788. The van der Waals surface area contributed by atoms with Gasteiger partial charge in [-0.3, -0.25) is 4.79 Å². The van der Waals surface area contributed by atoms with Crippen molar-refractivity contribution in [2.24, 2.45) is 0 Å². The number of aryl methyl sites for hydroxylation is 1. The minimum Gasteiger partial charge on any atom is -0.339 e. The second kappa shape index (κ2) is 5.69. The van der Waals surface area contributed by atoms with Gasteiger partial charge in [0.05, 0.1) is 0 Å². The summed E-state index contributed by atoms with van der Waals surface area (Å²) in [6.07, 6.45) is 2.92. The zero-order valence-electron chi connectivity index (χ0n) is 11.0. The molecule has 0 bridgehead atoms. The van der Waals surface area contributed by atoms with E-state index in [4.69, 9.17) is 10.7 Å². The molecular weight excluding hydrogens is 305 g/mol. The molecule has 0 saturated carbocycles. The van der Waals surface area contributed by atoms with E-state index < -0.39 is 19.8 Å². The molecule has 1 aliphatic heterocycles. The maximum atomic E-state index is 13.8. The third-order valence-electron chi connectivity index (χ3n) is 3.37. The zero-order valence-corrected chi connectivity index (χ0v) is 12.6. The zero-order chi connectivity index (χ0) is 14.9. The number of carbonyl (C=O) groups excluding carboxylic acids is 1.